The van der Waals surface area contributed by atoms with Gasteiger partial charge in [0, 0.05) is 36.9 Å². The van der Waals surface area contributed by atoms with Gasteiger partial charge in [-0.25, -0.2) is 4.98 Å². The standard InChI is InChI=1S/C24H21N3OS/c1-27(16-18-9-11-20(12-10-18)19-6-3-2-4-7-19)23(28)14-22-17-29-24(26-22)21-8-5-13-25-15-21/h2-13,15,17H,14,16H2,1H3. The third kappa shape index (κ3) is 4.76. The first-order valence-corrected chi connectivity index (χ1v) is 10.3. The van der Waals surface area contributed by atoms with Gasteiger partial charge in [-0.1, -0.05) is 54.6 Å². The normalized spacial score (nSPS) is 10.7. The molecule has 4 rings (SSSR count). The lowest BCUT2D eigenvalue weighted by Crippen LogP contribution is -2.27. The van der Waals surface area contributed by atoms with Crippen molar-refractivity contribution in [2.75, 3.05) is 7.05 Å². The van der Waals surface area contributed by atoms with Crippen molar-refractivity contribution >= 4 is 17.2 Å². The van der Waals surface area contributed by atoms with Gasteiger partial charge < -0.3 is 4.90 Å². The molecule has 144 valence electrons. The molecule has 0 atom stereocenters. The first kappa shape index (κ1) is 19.0. The number of carbonyl (C=O) groups is 1. The summed E-state index contributed by atoms with van der Waals surface area (Å²) in [7, 11) is 1.84. The van der Waals surface area contributed by atoms with Crippen molar-refractivity contribution in [3.63, 3.8) is 0 Å². The number of pyridine rings is 1. The summed E-state index contributed by atoms with van der Waals surface area (Å²) in [6.07, 6.45) is 3.83. The highest BCUT2D eigenvalue weighted by molar-refractivity contribution is 7.13. The Morgan fingerprint density at radius 2 is 1.66 bits per heavy atom. The van der Waals surface area contributed by atoms with Crippen LogP contribution in [-0.4, -0.2) is 27.8 Å². The zero-order valence-electron chi connectivity index (χ0n) is 16.2. The molecule has 0 saturated carbocycles. The van der Waals surface area contributed by atoms with Crippen molar-refractivity contribution in [2.45, 2.75) is 13.0 Å². The van der Waals surface area contributed by atoms with Crippen LogP contribution in [0.4, 0.5) is 0 Å². The maximum absolute atomic E-state index is 12.6. The van der Waals surface area contributed by atoms with Crippen LogP contribution in [0.25, 0.3) is 21.7 Å². The van der Waals surface area contributed by atoms with Crippen molar-refractivity contribution in [3.8, 4) is 21.7 Å². The van der Waals surface area contributed by atoms with Crippen molar-refractivity contribution < 1.29 is 4.79 Å². The number of hydrogen-bond donors (Lipinski definition) is 0. The molecule has 2 aromatic carbocycles. The third-order valence-corrected chi connectivity index (χ3v) is 5.64. The minimum absolute atomic E-state index is 0.0557. The van der Waals surface area contributed by atoms with E-state index >= 15 is 0 Å². The van der Waals surface area contributed by atoms with E-state index in [0.29, 0.717) is 13.0 Å². The van der Waals surface area contributed by atoms with Crippen LogP contribution >= 0.6 is 11.3 Å². The molecule has 0 radical (unpaired) electrons. The summed E-state index contributed by atoms with van der Waals surface area (Å²) < 4.78 is 0. The highest BCUT2D eigenvalue weighted by Gasteiger charge is 2.13. The first-order chi connectivity index (χ1) is 14.2. The van der Waals surface area contributed by atoms with Gasteiger partial charge in [0.25, 0.3) is 0 Å². The average Bonchev–Trinajstić information content (AvgIpc) is 3.24. The smallest absolute Gasteiger partial charge is 0.228 e. The summed E-state index contributed by atoms with van der Waals surface area (Å²) in [6.45, 7) is 0.577. The molecular weight excluding hydrogens is 378 g/mol. The summed E-state index contributed by atoms with van der Waals surface area (Å²) in [6, 6.07) is 22.5. The zero-order valence-corrected chi connectivity index (χ0v) is 17.0. The van der Waals surface area contributed by atoms with E-state index in [4.69, 9.17) is 0 Å². The summed E-state index contributed by atoms with van der Waals surface area (Å²) in [4.78, 5) is 23.1. The Labute approximate surface area is 174 Å². The Morgan fingerprint density at radius 1 is 0.931 bits per heavy atom. The molecule has 0 saturated heterocycles. The minimum atomic E-state index is 0.0557. The van der Waals surface area contributed by atoms with E-state index in [-0.39, 0.29) is 5.91 Å². The molecule has 4 nitrogen and oxygen atoms in total. The van der Waals surface area contributed by atoms with E-state index in [1.165, 1.54) is 22.5 Å². The second kappa shape index (κ2) is 8.80. The number of benzene rings is 2. The summed E-state index contributed by atoms with van der Waals surface area (Å²) in [5.41, 5.74) is 5.24. The molecule has 2 heterocycles. The largest absolute Gasteiger partial charge is 0.341 e. The van der Waals surface area contributed by atoms with Crippen LogP contribution < -0.4 is 0 Å². The second-order valence-corrected chi connectivity index (χ2v) is 7.73. The topological polar surface area (TPSA) is 46.1 Å². The van der Waals surface area contributed by atoms with Crippen LogP contribution in [0.1, 0.15) is 11.3 Å². The number of carbonyl (C=O) groups excluding carboxylic acids is 1. The molecule has 1 amide bonds. The highest BCUT2D eigenvalue weighted by Crippen LogP contribution is 2.23. The van der Waals surface area contributed by atoms with Gasteiger partial charge in [-0.15, -0.1) is 11.3 Å². The fourth-order valence-electron chi connectivity index (χ4n) is 3.10. The van der Waals surface area contributed by atoms with E-state index in [1.54, 1.807) is 17.3 Å². The van der Waals surface area contributed by atoms with Crippen LogP contribution in [0.15, 0.2) is 84.5 Å². The molecule has 2 aromatic heterocycles. The van der Waals surface area contributed by atoms with Crippen LogP contribution in [0.5, 0.6) is 0 Å². The Morgan fingerprint density at radius 3 is 2.38 bits per heavy atom. The summed E-state index contributed by atoms with van der Waals surface area (Å²) in [5.74, 6) is 0.0557. The number of nitrogens with zero attached hydrogens (tertiary/aromatic N) is 3. The van der Waals surface area contributed by atoms with E-state index in [1.807, 2.05) is 42.8 Å². The number of likely N-dealkylation sites (N-methyl/N-ethyl adjacent to an activating group) is 1. The van der Waals surface area contributed by atoms with Gasteiger partial charge in [-0.05, 0) is 28.8 Å². The Hall–Kier alpha value is -3.31. The lowest BCUT2D eigenvalue weighted by atomic mass is 10.0. The number of thiazole rings is 1. The van der Waals surface area contributed by atoms with Crippen molar-refractivity contribution in [2.24, 2.45) is 0 Å². The molecule has 0 aliphatic heterocycles. The Bertz CT molecular complexity index is 1080. The van der Waals surface area contributed by atoms with Crippen LogP contribution in [0.3, 0.4) is 0 Å². The summed E-state index contributed by atoms with van der Waals surface area (Å²) >= 11 is 1.54. The molecule has 0 unspecified atom stereocenters. The van der Waals surface area contributed by atoms with Crippen LogP contribution in [0.2, 0.25) is 0 Å². The fraction of sp³-hybridized carbons (Fsp3) is 0.125. The van der Waals surface area contributed by atoms with Crippen LogP contribution in [-0.2, 0) is 17.8 Å². The number of aromatic nitrogens is 2. The van der Waals surface area contributed by atoms with E-state index in [2.05, 4.69) is 46.4 Å². The molecule has 0 aliphatic rings. The first-order valence-electron chi connectivity index (χ1n) is 9.42. The average molecular weight is 400 g/mol. The molecule has 0 fully saturated rings. The van der Waals surface area contributed by atoms with Crippen molar-refractivity contribution in [1.82, 2.24) is 14.9 Å². The minimum Gasteiger partial charge on any atom is -0.341 e. The monoisotopic (exact) mass is 399 g/mol. The molecule has 4 aromatic rings. The molecule has 0 bridgehead atoms. The van der Waals surface area contributed by atoms with E-state index < -0.39 is 0 Å². The van der Waals surface area contributed by atoms with E-state index in [9.17, 15) is 4.79 Å². The predicted molar refractivity (Wildman–Crippen MR) is 117 cm³/mol. The van der Waals surface area contributed by atoms with Gasteiger partial charge in [0.1, 0.15) is 5.01 Å². The Balaban J connectivity index is 1.37. The maximum atomic E-state index is 12.6. The number of hydrogen-bond acceptors (Lipinski definition) is 4. The van der Waals surface area contributed by atoms with Gasteiger partial charge in [0.2, 0.25) is 5.91 Å². The summed E-state index contributed by atoms with van der Waals surface area (Å²) in [5, 5.41) is 2.84. The molecule has 0 spiro atoms. The SMILES string of the molecule is CN(Cc1ccc(-c2ccccc2)cc1)C(=O)Cc1csc(-c2cccnc2)n1. The lowest BCUT2D eigenvalue weighted by Gasteiger charge is -2.17. The van der Waals surface area contributed by atoms with Gasteiger partial charge in [0.05, 0.1) is 12.1 Å². The van der Waals surface area contributed by atoms with Crippen molar-refractivity contribution in [3.05, 3.63) is 95.8 Å². The van der Waals surface area contributed by atoms with Crippen LogP contribution in [0, 0.1) is 0 Å². The fourth-order valence-corrected chi connectivity index (χ4v) is 3.91. The third-order valence-electron chi connectivity index (χ3n) is 4.70. The molecule has 0 aliphatic carbocycles. The van der Waals surface area contributed by atoms with Crippen molar-refractivity contribution in [1.29, 1.82) is 0 Å². The number of amides is 1. The highest BCUT2D eigenvalue weighted by atomic mass is 32.1. The van der Waals surface area contributed by atoms with E-state index in [0.717, 1.165) is 21.8 Å². The molecule has 0 N–H and O–H groups in total. The van der Waals surface area contributed by atoms with Gasteiger partial charge in [-0.2, -0.15) is 0 Å². The van der Waals surface area contributed by atoms with Gasteiger partial charge in [0.15, 0.2) is 0 Å². The maximum Gasteiger partial charge on any atom is 0.228 e. The molecule has 5 heteroatoms. The zero-order chi connectivity index (χ0) is 20.1. The number of rotatable bonds is 6. The quantitative estimate of drug-likeness (QED) is 0.455. The Kier molecular flexibility index (Phi) is 5.77. The second-order valence-electron chi connectivity index (χ2n) is 6.88. The van der Waals surface area contributed by atoms with Gasteiger partial charge >= 0.3 is 0 Å². The lowest BCUT2D eigenvalue weighted by molar-refractivity contribution is -0.129. The predicted octanol–water partition coefficient (Wildman–Crippen LogP) is 5.07. The molecular formula is C24H21N3OS. The molecule has 29 heavy (non-hydrogen) atoms. The van der Waals surface area contributed by atoms with Gasteiger partial charge in [-0.3, -0.25) is 9.78 Å².